The number of hydrogen-bond acceptors (Lipinski definition) is 4. The second-order valence-electron chi connectivity index (χ2n) is 6.29. The van der Waals surface area contributed by atoms with Crippen molar-refractivity contribution in [2.75, 3.05) is 0 Å². The number of carbonyl (C=O) groups excluding carboxylic acids is 1. The molecule has 4 atom stereocenters. The quantitative estimate of drug-likeness (QED) is 0.824. The van der Waals surface area contributed by atoms with Crippen molar-refractivity contribution in [1.29, 1.82) is 0 Å². The van der Waals surface area contributed by atoms with Crippen molar-refractivity contribution in [3.05, 3.63) is 47.4 Å². The van der Waals surface area contributed by atoms with E-state index in [9.17, 15) is 24.6 Å². The maximum atomic E-state index is 13.1. The molecule has 1 aromatic carbocycles. The summed E-state index contributed by atoms with van der Waals surface area (Å²) >= 11 is 1.12. The van der Waals surface area contributed by atoms with Gasteiger partial charge in [0.05, 0.1) is 5.41 Å². The second kappa shape index (κ2) is 4.71. The van der Waals surface area contributed by atoms with Gasteiger partial charge in [-0.2, -0.15) is 0 Å². The zero-order valence-electron chi connectivity index (χ0n) is 12.6. The first-order valence-corrected chi connectivity index (χ1v) is 8.03. The van der Waals surface area contributed by atoms with Crippen LogP contribution in [0.2, 0.25) is 0 Å². The molecular weight excluding hydrogens is 316 g/mol. The van der Waals surface area contributed by atoms with Crippen LogP contribution in [0, 0.1) is 16.7 Å². The highest BCUT2D eigenvalue weighted by Gasteiger charge is 2.85. The summed E-state index contributed by atoms with van der Waals surface area (Å²) < 4.78 is -1.33. The molecule has 1 fully saturated rings. The molecule has 120 valence electrons. The Bertz CT molecular complexity index is 743. The molecule has 0 unspecified atom stereocenters. The van der Waals surface area contributed by atoms with Crippen molar-refractivity contribution in [3.63, 3.8) is 0 Å². The summed E-state index contributed by atoms with van der Waals surface area (Å²) in [7, 11) is 0. The van der Waals surface area contributed by atoms with Crippen LogP contribution in [0.1, 0.15) is 24.2 Å². The number of Topliss-reactive ketones (excluding diaryl/α,β-unsaturated/α-hetero) is 1. The van der Waals surface area contributed by atoms with Crippen molar-refractivity contribution in [2.45, 2.75) is 18.6 Å². The minimum absolute atomic E-state index is 0.332. The number of aliphatic carboxylic acids is 2. The Morgan fingerprint density at radius 1 is 1.04 bits per heavy atom. The van der Waals surface area contributed by atoms with Crippen LogP contribution in [0.25, 0.3) is 0 Å². The van der Waals surface area contributed by atoms with E-state index in [0.29, 0.717) is 5.56 Å². The SMILES string of the molecule is C[C@]1(C(=O)O)[C@@](C)(C(=O)O)[C@@H]2C=CS[C@@]21C(=O)c1ccccc1. The average molecular weight is 332 g/mol. The van der Waals surface area contributed by atoms with Gasteiger partial charge in [-0.15, -0.1) is 11.8 Å². The van der Waals surface area contributed by atoms with Crippen LogP contribution in [0.15, 0.2) is 41.8 Å². The summed E-state index contributed by atoms with van der Waals surface area (Å²) in [6.07, 6.45) is 1.66. The summed E-state index contributed by atoms with van der Waals surface area (Å²) in [4.78, 5) is 37.0. The first kappa shape index (κ1) is 15.8. The van der Waals surface area contributed by atoms with Gasteiger partial charge in [-0.1, -0.05) is 36.4 Å². The molecule has 0 aromatic heterocycles. The minimum Gasteiger partial charge on any atom is -0.481 e. The van der Waals surface area contributed by atoms with Crippen molar-refractivity contribution in [2.24, 2.45) is 16.7 Å². The largest absolute Gasteiger partial charge is 0.481 e. The molecule has 0 amide bonds. The fraction of sp³-hybridized carbons (Fsp3) is 0.353. The van der Waals surface area contributed by atoms with E-state index in [1.807, 2.05) is 0 Å². The number of ketones is 1. The monoisotopic (exact) mass is 332 g/mol. The Labute approximate surface area is 137 Å². The van der Waals surface area contributed by atoms with Gasteiger partial charge < -0.3 is 10.2 Å². The van der Waals surface area contributed by atoms with E-state index in [-0.39, 0.29) is 5.78 Å². The van der Waals surface area contributed by atoms with Gasteiger partial charge in [-0.05, 0) is 19.3 Å². The highest BCUT2D eigenvalue weighted by atomic mass is 32.2. The van der Waals surface area contributed by atoms with E-state index < -0.39 is 33.4 Å². The van der Waals surface area contributed by atoms with E-state index in [1.165, 1.54) is 13.8 Å². The van der Waals surface area contributed by atoms with Crippen molar-refractivity contribution < 1.29 is 24.6 Å². The minimum atomic E-state index is -1.71. The van der Waals surface area contributed by atoms with E-state index in [1.54, 1.807) is 41.8 Å². The molecule has 1 aliphatic carbocycles. The number of benzene rings is 1. The van der Waals surface area contributed by atoms with Gasteiger partial charge in [0, 0.05) is 11.5 Å². The predicted molar refractivity (Wildman–Crippen MR) is 85.2 cm³/mol. The molecule has 1 heterocycles. The Hall–Kier alpha value is -2.08. The normalized spacial score (nSPS) is 37.7. The fourth-order valence-corrected chi connectivity index (χ4v) is 5.71. The maximum absolute atomic E-state index is 13.1. The Balaban J connectivity index is 2.20. The maximum Gasteiger partial charge on any atom is 0.312 e. The number of carbonyl (C=O) groups is 3. The van der Waals surface area contributed by atoms with Crippen molar-refractivity contribution in [1.82, 2.24) is 0 Å². The number of hydrogen-bond donors (Lipinski definition) is 2. The molecular formula is C17H16O5S. The summed E-state index contributed by atoms with van der Waals surface area (Å²) in [5.74, 6) is -3.46. The Kier molecular flexibility index (Phi) is 3.23. The smallest absolute Gasteiger partial charge is 0.312 e. The van der Waals surface area contributed by atoms with Crippen LogP contribution in [-0.4, -0.2) is 32.7 Å². The van der Waals surface area contributed by atoms with Gasteiger partial charge in [0.1, 0.15) is 10.2 Å². The number of carboxylic acid groups (broad SMARTS) is 2. The van der Waals surface area contributed by atoms with E-state index in [2.05, 4.69) is 0 Å². The Morgan fingerprint density at radius 2 is 1.65 bits per heavy atom. The van der Waals surface area contributed by atoms with Crippen LogP contribution in [0.3, 0.4) is 0 Å². The topological polar surface area (TPSA) is 91.7 Å². The summed E-state index contributed by atoms with van der Waals surface area (Å²) in [6, 6.07) is 8.44. The molecule has 0 bridgehead atoms. The second-order valence-corrected chi connectivity index (χ2v) is 7.44. The number of fused-ring (bicyclic) bond motifs is 1. The van der Waals surface area contributed by atoms with E-state index in [0.717, 1.165) is 11.8 Å². The summed E-state index contributed by atoms with van der Waals surface area (Å²) in [5, 5.41) is 21.2. The third kappa shape index (κ3) is 1.52. The van der Waals surface area contributed by atoms with Gasteiger partial charge in [0.15, 0.2) is 5.78 Å². The van der Waals surface area contributed by atoms with Gasteiger partial charge in [0.2, 0.25) is 0 Å². The molecule has 2 aliphatic rings. The summed E-state index contributed by atoms with van der Waals surface area (Å²) in [6.45, 7) is 2.79. The third-order valence-corrected chi connectivity index (χ3v) is 7.12. The van der Waals surface area contributed by atoms with E-state index >= 15 is 0 Å². The molecule has 1 aromatic rings. The van der Waals surface area contributed by atoms with Crippen LogP contribution in [-0.2, 0) is 9.59 Å². The summed E-state index contributed by atoms with van der Waals surface area (Å²) in [5.41, 5.74) is -2.85. The molecule has 5 nitrogen and oxygen atoms in total. The standard InChI is InChI=1S/C17H16O5S/c1-15(13(19)20)11-8-9-23-17(11,16(15,2)14(21)22)12(18)10-6-4-3-5-7-10/h3-9,11H,1-2H3,(H,19,20)(H,21,22)/t11-,15+,16-,17+/m0/s1. The van der Waals surface area contributed by atoms with Crippen LogP contribution in [0.5, 0.6) is 0 Å². The zero-order valence-corrected chi connectivity index (χ0v) is 13.5. The van der Waals surface area contributed by atoms with Gasteiger partial charge in [-0.25, -0.2) is 0 Å². The van der Waals surface area contributed by atoms with Gasteiger partial charge >= 0.3 is 11.9 Å². The highest BCUT2D eigenvalue weighted by molar-refractivity contribution is 8.04. The van der Waals surface area contributed by atoms with Crippen molar-refractivity contribution in [3.8, 4) is 0 Å². The lowest BCUT2D eigenvalue weighted by Gasteiger charge is -2.65. The highest BCUT2D eigenvalue weighted by Crippen LogP contribution is 2.75. The van der Waals surface area contributed by atoms with Gasteiger partial charge in [0.25, 0.3) is 0 Å². The Morgan fingerprint density at radius 3 is 2.17 bits per heavy atom. The first-order chi connectivity index (χ1) is 10.7. The first-order valence-electron chi connectivity index (χ1n) is 7.15. The molecule has 1 aliphatic heterocycles. The number of thioether (sulfide) groups is 1. The lowest BCUT2D eigenvalue weighted by molar-refractivity contribution is -0.201. The van der Waals surface area contributed by atoms with E-state index in [4.69, 9.17) is 0 Å². The molecule has 23 heavy (non-hydrogen) atoms. The molecule has 0 spiro atoms. The van der Waals surface area contributed by atoms with Crippen molar-refractivity contribution >= 4 is 29.5 Å². The molecule has 3 rings (SSSR count). The molecule has 0 saturated heterocycles. The predicted octanol–water partition coefficient (Wildman–Crippen LogP) is 2.68. The number of allylic oxidation sites excluding steroid dienone is 1. The van der Waals surface area contributed by atoms with Crippen LogP contribution in [0.4, 0.5) is 0 Å². The lowest BCUT2D eigenvalue weighted by atomic mass is 9.37. The lowest BCUT2D eigenvalue weighted by Crippen LogP contribution is -2.79. The molecule has 0 radical (unpaired) electrons. The third-order valence-electron chi connectivity index (χ3n) is 5.61. The molecule has 6 heteroatoms. The molecule has 2 N–H and O–H groups in total. The fourth-order valence-electron chi connectivity index (χ4n) is 4.03. The van der Waals surface area contributed by atoms with Crippen LogP contribution < -0.4 is 0 Å². The average Bonchev–Trinajstić information content (AvgIpc) is 2.96. The molecule has 1 saturated carbocycles. The number of rotatable bonds is 4. The zero-order chi connectivity index (χ0) is 17.0. The number of carboxylic acids is 2. The van der Waals surface area contributed by atoms with Gasteiger partial charge in [-0.3, -0.25) is 14.4 Å². The van der Waals surface area contributed by atoms with Crippen LogP contribution >= 0.6 is 11.8 Å².